The third-order valence-electron chi connectivity index (χ3n) is 2.95. The molecule has 0 aromatic heterocycles. The molecule has 0 saturated carbocycles. The van der Waals surface area contributed by atoms with Crippen molar-refractivity contribution in [1.29, 1.82) is 0 Å². The van der Waals surface area contributed by atoms with Gasteiger partial charge in [-0.05, 0) is 42.3 Å². The molecular weight excluding hydrogens is 318 g/mol. The summed E-state index contributed by atoms with van der Waals surface area (Å²) in [6.45, 7) is 0.609. The molecule has 0 aliphatic rings. The Morgan fingerprint density at radius 3 is 2.60 bits per heavy atom. The fraction of sp³-hybridized carbons (Fsp3) is 0.188. The first-order valence-electron chi connectivity index (χ1n) is 6.36. The number of carbonyl (C=O) groups is 1. The third-order valence-corrected chi connectivity index (χ3v) is 3.44. The summed E-state index contributed by atoms with van der Waals surface area (Å²) >= 11 is 3.36. The van der Waals surface area contributed by atoms with E-state index in [-0.39, 0.29) is 5.91 Å². The molecule has 3 nitrogen and oxygen atoms in total. The summed E-state index contributed by atoms with van der Waals surface area (Å²) in [7, 11) is 1.65. The predicted octanol–water partition coefficient (Wildman–Crippen LogP) is 3.43. The van der Waals surface area contributed by atoms with Crippen LogP contribution in [0.15, 0.2) is 53.0 Å². The average molecular weight is 334 g/mol. The number of ether oxygens (including phenoxy) is 1. The van der Waals surface area contributed by atoms with Crippen molar-refractivity contribution in [3.8, 4) is 5.75 Å². The van der Waals surface area contributed by atoms with Gasteiger partial charge >= 0.3 is 0 Å². The Kier molecular flexibility index (Phi) is 5.18. The number of amides is 1. The van der Waals surface area contributed by atoms with Crippen LogP contribution in [0.25, 0.3) is 0 Å². The summed E-state index contributed by atoms with van der Waals surface area (Å²) < 4.78 is 6.01. The standard InChI is InChI=1S/C16H16BrNO2/c1-20-15-7-5-12(6-8-15)9-10-18-16(19)13-3-2-4-14(17)11-13/h2-8,11H,9-10H2,1H3,(H,18,19). The maximum atomic E-state index is 11.9. The van der Waals surface area contributed by atoms with Crippen LogP contribution in [0.3, 0.4) is 0 Å². The Morgan fingerprint density at radius 2 is 1.95 bits per heavy atom. The number of halogens is 1. The van der Waals surface area contributed by atoms with Gasteiger partial charge in [-0.15, -0.1) is 0 Å². The van der Waals surface area contributed by atoms with Crippen LogP contribution >= 0.6 is 15.9 Å². The van der Waals surface area contributed by atoms with E-state index in [1.54, 1.807) is 13.2 Å². The van der Waals surface area contributed by atoms with Gasteiger partial charge in [-0.25, -0.2) is 0 Å². The zero-order valence-corrected chi connectivity index (χ0v) is 12.8. The van der Waals surface area contributed by atoms with Crippen molar-refractivity contribution < 1.29 is 9.53 Å². The first-order valence-corrected chi connectivity index (χ1v) is 7.15. The molecule has 20 heavy (non-hydrogen) atoms. The fourth-order valence-electron chi connectivity index (χ4n) is 1.84. The summed E-state index contributed by atoms with van der Waals surface area (Å²) in [6.07, 6.45) is 0.795. The first kappa shape index (κ1) is 14.6. The lowest BCUT2D eigenvalue weighted by Gasteiger charge is -2.06. The molecule has 0 spiro atoms. The highest BCUT2D eigenvalue weighted by atomic mass is 79.9. The van der Waals surface area contributed by atoms with E-state index >= 15 is 0 Å². The lowest BCUT2D eigenvalue weighted by Crippen LogP contribution is -2.25. The van der Waals surface area contributed by atoms with Crippen molar-refractivity contribution in [3.05, 3.63) is 64.1 Å². The Hall–Kier alpha value is -1.81. The van der Waals surface area contributed by atoms with Crippen molar-refractivity contribution in [2.45, 2.75) is 6.42 Å². The molecule has 0 aliphatic heterocycles. The Morgan fingerprint density at radius 1 is 1.20 bits per heavy atom. The van der Waals surface area contributed by atoms with Gasteiger partial charge in [0.25, 0.3) is 5.91 Å². The number of carbonyl (C=O) groups excluding carboxylic acids is 1. The second-order valence-corrected chi connectivity index (χ2v) is 5.28. The first-order chi connectivity index (χ1) is 9.69. The van der Waals surface area contributed by atoms with Gasteiger partial charge in [0.05, 0.1) is 7.11 Å². The molecule has 0 saturated heterocycles. The van der Waals surface area contributed by atoms with Gasteiger partial charge in [0, 0.05) is 16.6 Å². The fourth-order valence-corrected chi connectivity index (χ4v) is 2.24. The summed E-state index contributed by atoms with van der Waals surface area (Å²) in [4.78, 5) is 11.9. The van der Waals surface area contributed by atoms with Crippen LogP contribution in [0.5, 0.6) is 5.75 Å². The highest BCUT2D eigenvalue weighted by molar-refractivity contribution is 9.10. The van der Waals surface area contributed by atoms with Crippen molar-refractivity contribution in [2.75, 3.05) is 13.7 Å². The molecule has 0 radical (unpaired) electrons. The molecule has 104 valence electrons. The summed E-state index contributed by atoms with van der Waals surface area (Å²) in [6, 6.07) is 15.2. The third kappa shape index (κ3) is 4.10. The normalized spacial score (nSPS) is 10.1. The summed E-state index contributed by atoms with van der Waals surface area (Å²) in [5.41, 5.74) is 1.83. The molecule has 1 N–H and O–H groups in total. The molecule has 2 rings (SSSR count). The molecule has 2 aromatic carbocycles. The van der Waals surface area contributed by atoms with E-state index in [2.05, 4.69) is 21.2 Å². The molecule has 1 amide bonds. The van der Waals surface area contributed by atoms with Gasteiger partial charge in [-0.2, -0.15) is 0 Å². The van der Waals surface area contributed by atoms with Gasteiger partial charge < -0.3 is 10.1 Å². The number of rotatable bonds is 5. The summed E-state index contributed by atoms with van der Waals surface area (Å²) in [5.74, 6) is 0.784. The molecule has 0 atom stereocenters. The second-order valence-electron chi connectivity index (χ2n) is 4.36. The van der Waals surface area contributed by atoms with E-state index in [1.165, 1.54) is 5.56 Å². The second kappa shape index (κ2) is 7.10. The highest BCUT2D eigenvalue weighted by Crippen LogP contribution is 2.12. The van der Waals surface area contributed by atoms with Crippen LogP contribution in [0, 0.1) is 0 Å². The minimum absolute atomic E-state index is 0.0557. The van der Waals surface area contributed by atoms with Crippen LogP contribution in [0.1, 0.15) is 15.9 Å². The molecule has 0 fully saturated rings. The zero-order valence-electron chi connectivity index (χ0n) is 11.2. The van der Waals surface area contributed by atoms with Gasteiger partial charge in [0.15, 0.2) is 0 Å². The molecule has 0 unspecified atom stereocenters. The van der Waals surface area contributed by atoms with Gasteiger partial charge in [0.1, 0.15) is 5.75 Å². The zero-order chi connectivity index (χ0) is 14.4. The number of hydrogen-bond acceptors (Lipinski definition) is 2. The Balaban J connectivity index is 1.84. The van der Waals surface area contributed by atoms with E-state index in [1.807, 2.05) is 42.5 Å². The van der Waals surface area contributed by atoms with Gasteiger partial charge in [-0.1, -0.05) is 34.1 Å². The highest BCUT2D eigenvalue weighted by Gasteiger charge is 2.04. The molecular formula is C16H16BrNO2. The van der Waals surface area contributed by atoms with Crippen LogP contribution in [-0.2, 0) is 6.42 Å². The minimum Gasteiger partial charge on any atom is -0.497 e. The Labute approximate surface area is 127 Å². The van der Waals surface area contributed by atoms with E-state index in [9.17, 15) is 4.79 Å². The number of benzene rings is 2. The number of hydrogen-bond donors (Lipinski definition) is 1. The minimum atomic E-state index is -0.0557. The van der Waals surface area contributed by atoms with E-state index in [0.29, 0.717) is 12.1 Å². The van der Waals surface area contributed by atoms with Crippen molar-refractivity contribution in [3.63, 3.8) is 0 Å². The molecule has 0 aliphatic carbocycles. The number of nitrogens with one attached hydrogen (secondary N) is 1. The van der Waals surface area contributed by atoms with Crippen LogP contribution in [0.4, 0.5) is 0 Å². The van der Waals surface area contributed by atoms with Crippen LogP contribution in [-0.4, -0.2) is 19.6 Å². The van der Waals surface area contributed by atoms with Crippen LogP contribution in [0.2, 0.25) is 0 Å². The lowest BCUT2D eigenvalue weighted by molar-refractivity contribution is 0.0954. The smallest absolute Gasteiger partial charge is 0.251 e. The molecule has 2 aromatic rings. The van der Waals surface area contributed by atoms with Crippen molar-refractivity contribution in [1.82, 2.24) is 5.32 Å². The van der Waals surface area contributed by atoms with E-state index in [4.69, 9.17) is 4.74 Å². The van der Waals surface area contributed by atoms with Gasteiger partial charge in [0.2, 0.25) is 0 Å². The topological polar surface area (TPSA) is 38.3 Å². The van der Waals surface area contributed by atoms with E-state index < -0.39 is 0 Å². The average Bonchev–Trinajstić information content (AvgIpc) is 2.48. The summed E-state index contributed by atoms with van der Waals surface area (Å²) in [5, 5.41) is 2.91. The van der Waals surface area contributed by atoms with Crippen molar-refractivity contribution in [2.24, 2.45) is 0 Å². The van der Waals surface area contributed by atoms with Gasteiger partial charge in [-0.3, -0.25) is 4.79 Å². The van der Waals surface area contributed by atoms with E-state index in [0.717, 1.165) is 16.6 Å². The van der Waals surface area contributed by atoms with Crippen molar-refractivity contribution >= 4 is 21.8 Å². The maximum absolute atomic E-state index is 11.9. The quantitative estimate of drug-likeness (QED) is 0.910. The molecule has 4 heteroatoms. The predicted molar refractivity (Wildman–Crippen MR) is 83.2 cm³/mol. The maximum Gasteiger partial charge on any atom is 0.251 e. The molecule has 0 heterocycles. The van der Waals surface area contributed by atoms with Crippen LogP contribution < -0.4 is 10.1 Å². The SMILES string of the molecule is COc1ccc(CCNC(=O)c2cccc(Br)c2)cc1. The molecule has 0 bridgehead atoms. The lowest BCUT2D eigenvalue weighted by atomic mass is 10.1. The largest absolute Gasteiger partial charge is 0.497 e. The monoisotopic (exact) mass is 333 g/mol. The number of methoxy groups -OCH3 is 1. The Bertz CT molecular complexity index is 581.